The van der Waals surface area contributed by atoms with Crippen LogP contribution in [0, 0.1) is 0 Å². The van der Waals surface area contributed by atoms with Gasteiger partial charge in [-0.05, 0) is 18.9 Å². The topological polar surface area (TPSA) is 103 Å². The number of pyridine rings is 1. The van der Waals surface area contributed by atoms with Crippen molar-refractivity contribution in [3.8, 4) is 22.8 Å². The molecule has 0 amide bonds. The van der Waals surface area contributed by atoms with Gasteiger partial charge < -0.3 is 29.6 Å². The van der Waals surface area contributed by atoms with Gasteiger partial charge in [-0.25, -0.2) is 15.0 Å². The van der Waals surface area contributed by atoms with Gasteiger partial charge in [-0.3, -0.25) is 4.90 Å². The average Bonchev–Trinajstić information content (AvgIpc) is 2.94. The standard InChI is InChI=1S/C26H32Cl2N6O4/c1-35-19-13-20(36-2)23(28)21(22(19)27)18-12-16-14-30-26(31-17-4-3-9-38-15-17)33-24(16)25(32-18)29-5-6-34-7-10-37-11-8-34/h12-14,17H,3-11,15H2,1-2H3,(H,29,32)(H,30,31,33). The summed E-state index contributed by atoms with van der Waals surface area (Å²) in [5.41, 5.74) is 1.78. The number of methoxy groups -OCH3 is 2. The fraction of sp³-hybridized carbons (Fsp3) is 0.500. The van der Waals surface area contributed by atoms with Crippen molar-refractivity contribution in [2.75, 3.05) is 77.5 Å². The Labute approximate surface area is 231 Å². The van der Waals surface area contributed by atoms with Gasteiger partial charge in [0.25, 0.3) is 0 Å². The van der Waals surface area contributed by atoms with E-state index < -0.39 is 0 Å². The second kappa shape index (κ2) is 12.5. The van der Waals surface area contributed by atoms with E-state index in [1.165, 1.54) is 0 Å². The number of ether oxygens (including phenoxy) is 4. The number of morpholine rings is 1. The molecule has 1 atom stereocenters. The van der Waals surface area contributed by atoms with Crippen molar-refractivity contribution in [2.24, 2.45) is 0 Å². The van der Waals surface area contributed by atoms with E-state index in [1.54, 1.807) is 26.5 Å². The molecule has 2 aromatic heterocycles. The van der Waals surface area contributed by atoms with Crippen molar-refractivity contribution < 1.29 is 18.9 Å². The molecule has 10 nitrogen and oxygen atoms in total. The highest BCUT2D eigenvalue weighted by atomic mass is 35.5. The number of aromatic nitrogens is 3. The van der Waals surface area contributed by atoms with Crippen LogP contribution in [0.15, 0.2) is 18.3 Å². The Morgan fingerprint density at radius 3 is 2.47 bits per heavy atom. The Balaban J connectivity index is 1.52. The molecule has 0 saturated carbocycles. The van der Waals surface area contributed by atoms with Crippen LogP contribution in [0.4, 0.5) is 11.8 Å². The lowest BCUT2D eigenvalue weighted by molar-refractivity contribution is 0.0398. The number of nitrogens with one attached hydrogen (secondary N) is 2. The molecule has 1 unspecified atom stereocenters. The summed E-state index contributed by atoms with van der Waals surface area (Å²) >= 11 is 13.4. The van der Waals surface area contributed by atoms with E-state index in [0.717, 1.165) is 57.7 Å². The van der Waals surface area contributed by atoms with E-state index >= 15 is 0 Å². The molecule has 38 heavy (non-hydrogen) atoms. The van der Waals surface area contributed by atoms with Gasteiger partial charge in [0.15, 0.2) is 5.82 Å². The zero-order chi connectivity index (χ0) is 26.5. The number of benzene rings is 1. The van der Waals surface area contributed by atoms with E-state index in [9.17, 15) is 0 Å². The first-order valence-corrected chi connectivity index (χ1v) is 13.5. The highest BCUT2D eigenvalue weighted by molar-refractivity contribution is 6.41. The molecule has 2 fully saturated rings. The molecular formula is C26H32Cl2N6O4. The molecule has 2 aliphatic heterocycles. The molecule has 2 aliphatic rings. The normalized spacial score (nSPS) is 18.4. The first-order chi connectivity index (χ1) is 18.6. The number of anilines is 2. The van der Waals surface area contributed by atoms with Gasteiger partial charge in [-0.2, -0.15) is 0 Å². The molecule has 2 N–H and O–H groups in total. The summed E-state index contributed by atoms with van der Waals surface area (Å²) in [6.07, 6.45) is 3.81. The Bertz CT molecular complexity index is 1240. The van der Waals surface area contributed by atoms with E-state index in [0.29, 0.717) is 63.2 Å². The van der Waals surface area contributed by atoms with Crippen LogP contribution in [-0.2, 0) is 9.47 Å². The third kappa shape index (κ3) is 6.00. The molecule has 204 valence electrons. The smallest absolute Gasteiger partial charge is 0.223 e. The molecule has 12 heteroatoms. The van der Waals surface area contributed by atoms with E-state index in [-0.39, 0.29) is 6.04 Å². The minimum atomic E-state index is 0.174. The molecule has 1 aromatic carbocycles. The zero-order valence-electron chi connectivity index (χ0n) is 21.6. The Kier molecular flexibility index (Phi) is 8.86. The van der Waals surface area contributed by atoms with E-state index in [2.05, 4.69) is 20.5 Å². The number of fused-ring (bicyclic) bond motifs is 1. The maximum atomic E-state index is 6.72. The van der Waals surface area contributed by atoms with Gasteiger partial charge in [0, 0.05) is 56.0 Å². The molecular weight excluding hydrogens is 531 g/mol. The van der Waals surface area contributed by atoms with Crippen LogP contribution in [0.1, 0.15) is 12.8 Å². The van der Waals surface area contributed by atoms with Crippen molar-refractivity contribution in [1.29, 1.82) is 0 Å². The number of rotatable bonds is 9. The minimum absolute atomic E-state index is 0.174. The van der Waals surface area contributed by atoms with Crippen LogP contribution in [-0.4, -0.2) is 92.7 Å². The summed E-state index contributed by atoms with van der Waals surface area (Å²) < 4.78 is 22.0. The summed E-state index contributed by atoms with van der Waals surface area (Å²) in [4.78, 5) is 16.7. The largest absolute Gasteiger partial charge is 0.495 e. The summed E-state index contributed by atoms with van der Waals surface area (Å²) in [7, 11) is 3.09. The summed E-state index contributed by atoms with van der Waals surface area (Å²) in [6.45, 7) is 6.27. The Hall–Kier alpha value is -2.63. The third-order valence-electron chi connectivity index (χ3n) is 6.71. The summed E-state index contributed by atoms with van der Waals surface area (Å²) in [5.74, 6) is 2.04. The van der Waals surface area contributed by atoms with Gasteiger partial charge in [-0.1, -0.05) is 23.2 Å². The Morgan fingerprint density at radius 2 is 1.79 bits per heavy atom. The first-order valence-electron chi connectivity index (χ1n) is 12.7. The van der Waals surface area contributed by atoms with Crippen molar-refractivity contribution >= 4 is 45.9 Å². The SMILES string of the molecule is COc1cc(OC)c(Cl)c(-c2cc3cnc(NC4CCCOC4)nc3c(NCCN3CCOCC3)n2)c1Cl. The lowest BCUT2D eigenvalue weighted by atomic mass is 10.1. The number of hydrogen-bond donors (Lipinski definition) is 2. The number of hydrogen-bond acceptors (Lipinski definition) is 10. The lowest BCUT2D eigenvalue weighted by Crippen LogP contribution is -2.39. The molecule has 0 aliphatic carbocycles. The fourth-order valence-electron chi connectivity index (χ4n) is 4.67. The molecule has 0 bridgehead atoms. The summed E-state index contributed by atoms with van der Waals surface area (Å²) in [6, 6.07) is 3.71. The van der Waals surface area contributed by atoms with Gasteiger partial charge in [-0.15, -0.1) is 0 Å². The Morgan fingerprint density at radius 1 is 1.03 bits per heavy atom. The maximum absolute atomic E-state index is 6.72. The monoisotopic (exact) mass is 562 g/mol. The van der Waals surface area contributed by atoms with Crippen LogP contribution >= 0.6 is 23.2 Å². The van der Waals surface area contributed by atoms with Crippen LogP contribution in [0.5, 0.6) is 11.5 Å². The van der Waals surface area contributed by atoms with Gasteiger partial charge in [0.1, 0.15) is 17.0 Å². The van der Waals surface area contributed by atoms with Crippen molar-refractivity contribution in [2.45, 2.75) is 18.9 Å². The quantitative estimate of drug-likeness (QED) is 0.391. The highest BCUT2D eigenvalue weighted by Crippen LogP contribution is 2.46. The molecule has 0 radical (unpaired) electrons. The van der Waals surface area contributed by atoms with Crippen LogP contribution in [0.25, 0.3) is 22.2 Å². The summed E-state index contributed by atoms with van der Waals surface area (Å²) in [5, 5.41) is 8.38. The molecule has 4 heterocycles. The number of halogens is 2. The fourth-order valence-corrected chi connectivity index (χ4v) is 5.36. The minimum Gasteiger partial charge on any atom is -0.495 e. The van der Waals surface area contributed by atoms with E-state index in [4.69, 9.17) is 52.1 Å². The number of nitrogens with zero attached hydrogens (tertiary/aromatic N) is 4. The van der Waals surface area contributed by atoms with Crippen molar-refractivity contribution in [3.63, 3.8) is 0 Å². The van der Waals surface area contributed by atoms with Crippen molar-refractivity contribution in [3.05, 3.63) is 28.4 Å². The molecule has 0 spiro atoms. The second-order valence-electron chi connectivity index (χ2n) is 9.21. The molecule has 2 saturated heterocycles. The third-order valence-corrected chi connectivity index (χ3v) is 7.46. The molecule has 3 aromatic rings. The van der Waals surface area contributed by atoms with Gasteiger partial charge in [0.2, 0.25) is 5.95 Å². The van der Waals surface area contributed by atoms with Crippen molar-refractivity contribution in [1.82, 2.24) is 19.9 Å². The maximum Gasteiger partial charge on any atom is 0.223 e. The van der Waals surface area contributed by atoms with Gasteiger partial charge in [0.05, 0.1) is 55.8 Å². The second-order valence-corrected chi connectivity index (χ2v) is 9.97. The first kappa shape index (κ1) is 27.0. The van der Waals surface area contributed by atoms with Crippen LogP contribution in [0.3, 0.4) is 0 Å². The van der Waals surface area contributed by atoms with E-state index in [1.807, 2.05) is 6.07 Å². The highest BCUT2D eigenvalue weighted by Gasteiger charge is 2.22. The predicted molar refractivity (Wildman–Crippen MR) is 149 cm³/mol. The van der Waals surface area contributed by atoms with Crippen LogP contribution in [0.2, 0.25) is 10.0 Å². The predicted octanol–water partition coefficient (Wildman–Crippen LogP) is 4.35. The average molecular weight is 563 g/mol. The zero-order valence-corrected chi connectivity index (χ0v) is 23.1. The molecule has 5 rings (SSSR count). The lowest BCUT2D eigenvalue weighted by Gasteiger charge is -2.26. The van der Waals surface area contributed by atoms with Gasteiger partial charge >= 0.3 is 0 Å². The van der Waals surface area contributed by atoms with Crippen LogP contribution < -0.4 is 20.1 Å².